The Labute approximate surface area is 161 Å². The van der Waals surface area contributed by atoms with Crippen LogP contribution in [0.3, 0.4) is 0 Å². The summed E-state index contributed by atoms with van der Waals surface area (Å²) in [5.41, 5.74) is 1.29. The van der Waals surface area contributed by atoms with Crippen LogP contribution in [0.4, 0.5) is 5.69 Å². The fourth-order valence-electron chi connectivity index (χ4n) is 2.06. The van der Waals surface area contributed by atoms with Crippen molar-refractivity contribution in [3.8, 4) is 11.8 Å². The molecular weight excluding hydrogens is 364 g/mol. The molecule has 0 aromatic heterocycles. The summed E-state index contributed by atoms with van der Waals surface area (Å²) in [6, 6.07) is 14.3. The van der Waals surface area contributed by atoms with E-state index in [0.717, 1.165) is 0 Å². The van der Waals surface area contributed by atoms with Gasteiger partial charge in [-0.25, -0.2) is 9.59 Å². The molecule has 8 heteroatoms. The van der Waals surface area contributed by atoms with Gasteiger partial charge in [0.15, 0.2) is 13.2 Å². The zero-order valence-corrected chi connectivity index (χ0v) is 15.1. The van der Waals surface area contributed by atoms with Crippen LogP contribution in [0, 0.1) is 11.3 Å². The number of benzene rings is 2. The fraction of sp³-hybridized carbons (Fsp3) is 0.200. The summed E-state index contributed by atoms with van der Waals surface area (Å²) in [7, 11) is 0. The third kappa shape index (κ3) is 6.46. The predicted octanol–water partition coefficient (Wildman–Crippen LogP) is 2.30. The third-order valence-electron chi connectivity index (χ3n) is 3.38. The van der Waals surface area contributed by atoms with Crippen molar-refractivity contribution in [2.24, 2.45) is 0 Å². The first-order valence-electron chi connectivity index (χ1n) is 8.37. The molecule has 0 radical (unpaired) electrons. The van der Waals surface area contributed by atoms with Crippen molar-refractivity contribution >= 4 is 23.5 Å². The first-order chi connectivity index (χ1) is 13.5. The summed E-state index contributed by atoms with van der Waals surface area (Å²) < 4.78 is 14.9. The van der Waals surface area contributed by atoms with Gasteiger partial charge < -0.3 is 19.5 Å². The Morgan fingerprint density at radius 3 is 2.25 bits per heavy atom. The summed E-state index contributed by atoms with van der Waals surface area (Å²) >= 11 is 0. The number of hydrogen-bond donors (Lipinski definition) is 1. The molecule has 2 aromatic rings. The number of carbonyl (C=O) groups is 3. The van der Waals surface area contributed by atoms with Gasteiger partial charge in [-0.15, -0.1) is 0 Å². The van der Waals surface area contributed by atoms with Gasteiger partial charge >= 0.3 is 11.9 Å². The van der Waals surface area contributed by atoms with Gasteiger partial charge in [-0.1, -0.05) is 0 Å². The maximum absolute atomic E-state index is 11.8. The molecule has 0 aliphatic heterocycles. The molecule has 28 heavy (non-hydrogen) atoms. The molecule has 2 aromatic carbocycles. The summed E-state index contributed by atoms with van der Waals surface area (Å²) in [4.78, 5) is 35.0. The first-order valence-corrected chi connectivity index (χ1v) is 8.37. The van der Waals surface area contributed by atoms with Crippen LogP contribution in [0.15, 0.2) is 48.5 Å². The van der Waals surface area contributed by atoms with Crippen molar-refractivity contribution in [1.29, 1.82) is 5.26 Å². The lowest BCUT2D eigenvalue weighted by molar-refractivity contribution is -0.149. The number of amides is 1. The zero-order valence-electron chi connectivity index (χ0n) is 15.1. The molecule has 0 aliphatic carbocycles. The van der Waals surface area contributed by atoms with Crippen LogP contribution in [0.2, 0.25) is 0 Å². The van der Waals surface area contributed by atoms with Crippen molar-refractivity contribution in [2.45, 2.75) is 6.92 Å². The van der Waals surface area contributed by atoms with E-state index in [1.165, 1.54) is 12.1 Å². The minimum Gasteiger partial charge on any atom is -0.482 e. The average Bonchev–Trinajstić information content (AvgIpc) is 2.71. The number of ether oxygens (including phenoxy) is 3. The molecule has 0 spiro atoms. The number of nitrogens with zero attached hydrogens (tertiary/aromatic N) is 1. The molecule has 1 N–H and O–H groups in total. The topological polar surface area (TPSA) is 115 Å². The Bertz CT molecular complexity index is 869. The quantitative estimate of drug-likeness (QED) is 0.697. The van der Waals surface area contributed by atoms with Crippen LogP contribution in [0.1, 0.15) is 22.8 Å². The first kappa shape index (κ1) is 20.5. The Hall–Kier alpha value is -3.86. The van der Waals surface area contributed by atoms with E-state index in [0.29, 0.717) is 22.6 Å². The summed E-state index contributed by atoms with van der Waals surface area (Å²) in [6.07, 6.45) is 0. The number of rotatable bonds is 8. The predicted molar refractivity (Wildman–Crippen MR) is 98.6 cm³/mol. The molecule has 0 unspecified atom stereocenters. The Morgan fingerprint density at radius 2 is 1.64 bits per heavy atom. The summed E-state index contributed by atoms with van der Waals surface area (Å²) in [5, 5.41) is 11.3. The fourth-order valence-corrected chi connectivity index (χ4v) is 2.06. The van der Waals surface area contributed by atoms with Crippen LogP contribution < -0.4 is 10.1 Å². The molecule has 1 amide bonds. The monoisotopic (exact) mass is 382 g/mol. The molecule has 0 fully saturated rings. The van der Waals surface area contributed by atoms with Crippen molar-refractivity contribution in [3.63, 3.8) is 0 Å². The second-order valence-electron chi connectivity index (χ2n) is 5.43. The number of anilines is 1. The van der Waals surface area contributed by atoms with E-state index in [4.69, 9.17) is 19.5 Å². The van der Waals surface area contributed by atoms with Crippen LogP contribution in [-0.4, -0.2) is 37.7 Å². The lowest BCUT2D eigenvalue weighted by Crippen LogP contribution is -2.23. The minimum absolute atomic E-state index is 0.275. The lowest BCUT2D eigenvalue weighted by Gasteiger charge is -2.08. The molecule has 2 rings (SSSR count). The minimum atomic E-state index is -0.711. The molecule has 0 heterocycles. The Balaban J connectivity index is 1.73. The molecule has 0 atom stereocenters. The van der Waals surface area contributed by atoms with Crippen LogP contribution in [0.5, 0.6) is 5.75 Å². The molecule has 0 saturated carbocycles. The molecule has 0 aliphatic rings. The van der Waals surface area contributed by atoms with Crippen molar-refractivity contribution in [3.05, 3.63) is 59.7 Å². The van der Waals surface area contributed by atoms with Gasteiger partial charge in [-0.3, -0.25) is 4.79 Å². The van der Waals surface area contributed by atoms with Gasteiger partial charge in [0.1, 0.15) is 5.75 Å². The van der Waals surface area contributed by atoms with Crippen molar-refractivity contribution in [2.75, 3.05) is 25.1 Å². The second-order valence-corrected chi connectivity index (χ2v) is 5.43. The highest BCUT2D eigenvalue weighted by atomic mass is 16.6. The van der Waals surface area contributed by atoms with Gasteiger partial charge in [-0.05, 0) is 55.5 Å². The van der Waals surface area contributed by atoms with Crippen LogP contribution in [-0.2, 0) is 19.1 Å². The summed E-state index contributed by atoms with van der Waals surface area (Å²) in [6.45, 7) is 1.14. The van der Waals surface area contributed by atoms with E-state index in [2.05, 4.69) is 5.32 Å². The lowest BCUT2D eigenvalue weighted by atomic mass is 10.2. The Kier molecular flexibility index (Phi) is 7.54. The normalized spacial score (nSPS) is 9.71. The van der Waals surface area contributed by atoms with Gasteiger partial charge in [0.25, 0.3) is 5.91 Å². The highest BCUT2D eigenvalue weighted by Gasteiger charge is 2.10. The molecule has 0 bridgehead atoms. The molecule has 144 valence electrons. The third-order valence-corrected chi connectivity index (χ3v) is 3.38. The molecule has 8 nitrogen and oxygen atoms in total. The van der Waals surface area contributed by atoms with E-state index in [9.17, 15) is 14.4 Å². The van der Waals surface area contributed by atoms with Gasteiger partial charge in [-0.2, -0.15) is 5.26 Å². The largest absolute Gasteiger partial charge is 0.482 e. The van der Waals surface area contributed by atoms with E-state index >= 15 is 0 Å². The summed E-state index contributed by atoms with van der Waals surface area (Å²) in [5.74, 6) is -1.29. The van der Waals surface area contributed by atoms with E-state index in [-0.39, 0.29) is 13.2 Å². The van der Waals surface area contributed by atoms with Gasteiger partial charge in [0.05, 0.1) is 23.8 Å². The van der Waals surface area contributed by atoms with Crippen molar-refractivity contribution in [1.82, 2.24) is 0 Å². The number of hydrogen-bond acceptors (Lipinski definition) is 7. The maximum Gasteiger partial charge on any atom is 0.344 e. The molecule has 0 saturated heterocycles. The highest BCUT2D eigenvalue weighted by molar-refractivity contribution is 5.94. The van der Waals surface area contributed by atoms with E-state index in [1.807, 2.05) is 6.07 Å². The molecular formula is C20H18N2O6. The van der Waals surface area contributed by atoms with Crippen LogP contribution >= 0.6 is 0 Å². The number of esters is 2. The van der Waals surface area contributed by atoms with Crippen molar-refractivity contribution < 1.29 is 28.6 Å². The van der Waals surface area contributed by atoms with E-state index in [1.54, 1.807) is 43.3 Å². The van der Waals surface area contributed by atoms with Crippen LogP contribution in [0.25, 0.3) is 0 Å². The Morgan fingerprint density at radius 1 is 0.964 bits per heavy atom. The number of nitriles is 1. The van der Waals surface area contributed by atoms with Gasteiger partial charge in [0, 0.05) is 5.69 Å². The number of carbonyl (C=O) groups excluding carboxylic acids is 3. The average molecular weight is 382 g/mol. The smallest absolute Gasteiger partial charge is 0.344 e. The SMILES string of the molecule is CCOC(=O)c1ccc(NC(=O)COC(=O)COc2ccc(C#N)cc2)cc1. The highest BCUT2D eigenvalue weighted by Crippen LogP contribution is 2.12. The number of nitrogens with one attached hydrogen (secondary N) is 1. The maximum atomic E-state index is 11.8. The van der Waals surface area contributed by atoms with E-state index < -0.39 is 24.5 Å². The standard InChI is InChI=1S/C20H18N2O6/c1-2-26-20(25)15-5-7-16(8-6-15)22-18(23)12-28-19(24)13-27-17-9-3-14(11-21)4-10-17/h3-10H,2,12-13H2,1H3,(H,22,23). The zero-order chi connectivity index (χ0) is 20.4. The second kappa shape index (κ2) is 10.3. The van der Waals surface area contributed by atoms with Gasteiger partial charge in [0.2, 0.25) is 0 Å².